The quantitative estimate of drug-likeness (QED) is 0.829. The zero-order chi connectivity index (χ0) is 13.8. The van der Waals surface area contributed by atoms with E-state index in [1.807, 2.05) is 24.6 Å². The molecule has 0 aliphatic heterocycles. The lowest BCUT2D eigenvalue weighted by molar-refractivity contribution is 0.626. The average Bonchev–Trinajstić information content (AvgIpc) is 2.74. The van der Waals surface area contributed by atoms with Gasteiger partial charge in [0.25, 0.3) is 0 Å². The molecule has 0 fully saturated rings. The molecule has 2 rings (SSSR count). The van der Waals surface area contributed by atoms with Gasteiger partial charge in [-0.3, -0.25) is 4.57 Å². The van der Waals surface area contributed by atoms with Crippen molar-refractivity contribution in [2.45, 2.75) is 33.6 Å². The van der Waals surface area contributed by atoms with Gasteiger partial charge in [0.05, 0.1) is 11.4 Å². The fourth-order valence-corrected chi connectivity index (χ4v) is 2.03. The summed E-state index contributed by atoms with van der Waals surface area (Å²) in [5.74, 6) is 0.547. The van der Waals surface area contributed by atoms with Crippen molar-refractivity contribution in [1.82, 2.24) is 9.55 Å². The average molecular weight is 261 g/mol. The van der Waals surface area contributed by atoms with Crippen LogP contribution in [0, 0.1) is 19.7 Å². The number of imidazole rings is 1. The number of hydrogen-bond donors (Lipinski definition) is 1. The second kappa shape index (κ2) is 5.87. The number of aromatic nitrogens is 2. The van der Waals surface area contributed by atoms with E-state index in [1.165, 1.54) is 6.07 Å². The maximum Gasteiger partial charge on any atom is 0.207 e. The number of aryl methyl sites for hydroxylation is 2. The van der Waals surface area contributed by atoms with Gasteiger partial charge in [-0.15, -0.1) is 0 Å². The first kappa shape index (κ1) is 13.6. The molecule has 3 nitrogen and oxygen atoms in total. The predicted molar refractivity (Wildman–Crippen MR) is 76.4 cm³/mol. The van der Waals surface area contributed by atoms with Crippen LogP contribution in [0.1, 0.15) is 31.0 Å². The normalized spacial score (nSPS) is 10.7. The minimum absolute atomic E-state index is 0.230. The van der Waals surface area contributed by atoms with Crippen LogP contribution in [-0.2, 0) is 0 Å². The van der Waals surface area contributed by atoms with Crippen LogP contribution in [-0.4, -0.2) is 16.1 Å². The number of unbranched alkanes of at least 4 members (excludes halogenated alkanes) is 1. The molecular formula is C15H20FN3. The molecule has 0 aliphatic rings. The summed E-state index contributed by atoms with van der Waals surface area (Å²) < 4.78 is 15.3. The zero-order valence-electron chi connectivity index (χ0n) is 11.7. The Morgan fingerprint density at radius 2 is 2.11 bits per heavy atom. The molecule has 0 saturated heterocycles. The lowest BCUT2D eigenvalue weighted by Crippen LogP contribution is -2.08. The Labute approximate surface area is 113 Å². The predicted octanol–water partition coefficient (Wildman–Crippen LogP) is 3.84. The molecule has 0 spiro atoms. The standard InChI is InChI=1S/C15H20FN3/c1-4-5-8-17-15-18-12(3)10-19(15)14-9-13(16)7-6-11(14)2/h6-7,9-10H,4-5,8H2,1-3H3,(H,17,18). The Morgan fingerprint density at radius 3 is 2.84 bits per heavy atom. The van der Waals surface area contributed by atoms with Crippen molar-refractivity contribution in [3.63, 3.8) is 0 Å². The van der Waals surface area contributed by atoms with Crippen LogP contribution < -0.4 is 5.32 Å². The van der Waals surface area contributed by atoms with Gasteiger partial charge in [-0.2, -0.15) is 0 Å². The third-order valence-electron chi connectivity index (χ3n) is 3.07. The van der Waals surface area contributed by atoms with Gasteiger partial charge in [0.1, 0.15) is 5.82 Å². The molecule has 0 amide bonds. The van der Waals surface area contributed by atoms with E-state index in [1.54, 1.807) is 12.1 Å². The van der Waals surface area contributed by atoms with Crippen LogP contribution in [0.25, 0.3) is 5.69 Å². The van der Waals surface area contributed by atoms with Gasteiger partial charge < -0.3 is 5.32 Å². The fourth-order valence-electron chi connectivity index (χ4n) is 2.03. The Kier molecular flexibility index (Phi) is 4.20. The topological polar surface area (TPSA) is 29.9 Å². The molecule has 1 aromatic heterocycles. The monoisotopic (exact) mass is 261 g/mol. The summed E-state index contributed by atoms with van der Waals surface area (Å²) >= 11 is 0. The molecule has 4 heteroatoms. The van der Waals surface area contributed by atoms with E-state index < -0.39 is 0 Å². The van der Waals surface area contributed by atoms with Crippen molar-refractivity contribution in [2.24, 2.45) is 0 Å². The number of nitrogens with zero attached hydrogens (tertiary/aromatic N) is 2. The van der Waals surface area contributed by atoms with Crippen LogP contribution in [0.3, 0.4) is 0 Å². The highest BCUT2D eigenvalue weighted by Gasteiger charge is 2.10. The number of anilines is 1. The molecule has 0 bridgehead atoms. The van der Waals surface area contributed by atoms with Gasteiger partial charge in [-0.1, -0.05) is 19.4 Å². The molecule has 102 valence electrons. The smallest absolute Gasteiger partial charge is 0.207 e. The molecule has 0 radical (unpaired) electrons. The van der Waals surface area contributed by atoms with Crippen molar-refractivity contribution in [3.8, 4) is 5.69 Å². The first-order chi connectivity index (χ1) is 9.11. The number of halogens is 1. The zero-order valence-corrected chi connectivity index (χ0v) is 11.7. The van der Waals surface area contributed by atoms with Crippen LogP contribution in [0.15, 0.2) is 24.4 Å². The van der Waals surface area contributed by atoms with Crippen molar-refractivity contribution in [3.05, 3.63) is 41.5 Å². The Balaban J connectivity index is 2.35. The highest BCUT2D eigenvalue weighted by atomic mass is 19.1. The molecular weight excluding hydrogens is 241 g/mol. The van der Waals surface area contributed by atoms with E-state index in [0.29, 0.717) is 0 Å². The second-order valence-corrected chi connectivity index (χ2v) is 4.79. The summed E-state index contributed by atoms with van der Waals surface area (Å²) in [5, 5.41) is 3.31. The largest absolute Gasteiger partial charge is 0.355 e. The molecule has 0 unspecified atom stereocenters. The van der Waals surface area contributed by atoms with Crippen LogP contribution in [0.2, 0.25) is 0 Å². The molecule has 1 N–H and O–H groups in total. The van der Waals surface area contributed by atoms with Crippen molar-refractivity contribution in [1.29, 1.82) is 0 Å². The Bertz CT molecular complexity index is 561. The van der Waals surface area contributed by atoms with E-state index in [4.69, 9.17) is 0 Å². The summed E-state index contributed by atoms with van der Waals surface area (Å²) in [4.78, 5) is 4.46. The fraction of sp³-hybridized carbons (Fsp3) is 0.400. The van der Waals surface area contributed by atoms with E-state index in [0.717, 1.165) is 42.3 Å². The van der Waals surface area contributed by atoms with E-state index in [2.05, 4.69) is 17.2 Å². The molecule has 1 heterocycles. The summed E-state index contributed by atoms with van der Waals surface area (Å²) in [5.41, 5.74) is 2.78. The van der Waals surface area contributed by atoms with Crippen LogP contribution >= 0.6 is 0 Å². The van der Waals surface area contributed by atoms with Gasteiger partial charge in [-0.25, -0.2) is 9.37 Å². The Hall–Kier alpha value is -1.84. The number of rotatable bonds is 5. The van der Waals surface area contributed by atoms with E-state index >= 15 is 0 Å². The second-order valence-electron chi connectivity index (χ2n) is 4.79. The van der Waals surface area contributed by atoms with Crippen molar-refractivity contribution < 1.29 is 4.39 Å². The van der Waals surface area contributed by atoms with Gasteiger partial charge in [-0.05, 0) is 38.0 Å². The highest BCUT2D eigenvalue weighted by Crippen LogP contribution is 2.21. The minimum atomic E-state index is -0.230. The Morgan fingerprint density at radius 1 is 1.32 bits per heavy atom. The summed E-state index contributed by atoms with van der Waals surface area (Å²) in [7, 11) is 0. The van der Waals surface area contributed by atoms with Crippen molar-refractivity contribution >= 4 is 5.95 Å². The third-order valence-corrected chi connectivity index (χ3v) is 3.07. The lowest BCUT2D eigenvalue weighted by Gasteiger charge is -2.12. The molecule has 1 aromatic carbocycles. The number of nitrogens with one attached hydrogen (secondary N) is 1. The molecule has 0 saturated carbocycles. The molecule has 2 aromatic rings. The molecule has 0 aliphatic carbocycles. The first-order valence-electron chi connectivity index (χ1n) is 6.68. The molecule has 0 atom stereocenters. The van der Waals surface area contributed by atoms with Gasteiger partial charge >= 0.3 is 0 Å². The van der Waals surface area contributed by atoms with E-state index in [9.17, 15) is 4.39 Å². The SMILES string of the molecule is CCCCNc1nc(C)cn1-c1cc(F)ccc1C. The van der Waals surface area contributed by atoms with Gasteiger partial charge in [0.2, 0.25) is 5.95 Å². The van der Waals surface area contributed by atoms with Gasteiger partial charge in [0.15, 0.2) is 0 Å². The maximum atomic E-state index is 13.4. The number of benzene rings is 1. The third kappa shape index (κ3) is 3.13. The summed E-state index contributed by atoms with van der Waals surface area (Å²) in [6, 6.07) is 4.81. The van der Waals surface area contributed by atoms with Crippen LogP contribution in [0.4, 0.5) is 10.3 Å². The van der Waals surface area contributed by atoms with Crippen molar-refractivity contribution in [2.75, 3.05) is 11.9 Å². The lowest BCUT2D eigenvalue weighted by atomic mass is 10.2. The summed E-state index contributed by atoms with van der Waals surface area (Å²) in [6.07, 6.45) is 4.15. The highest BCUT2D eigenvalue weighted by molar-refractivity contribution is 5.47. The van der Waals surface area contributed by atoms with Gasteiger partial charge in [0, 0.05) is 12.7 Å². The van der Waals surface area contributed by atoms with E-state index in [-0.39, 0.29) is 5.82 Å². The molecule has 19 heavy (non-hydrogen) atoms. The summed E-state index contributed by atoms with van der Waals surface area (Å²) in [6.45, 7) is 6.94. The maximum absolute atomic E-state index is 13.4. The van der Waals surface area contributed by atoms with Crippen LogP contribution in [0.5, 0.6) is 0 Å². The first-order valence-corrected chi connectivity index (χ1v) is 6.68. The minimum Gasteiger partial charge on any atom is -0.355 e. The number of hydrogen-bond acceptors (Lipinski definition) is 2.